The maximum absolute atomic E-state index is 15.3. The predicted octanol–water partition coefficient (Wildman–Crippen LogP) is 7.38. The highest BCUT2D eigenvalue weighted by Crippen LogP contribution is 2.51. The van der Waals surface area contributed by atoms with E-state index in [9.17, 15) is 0 Å². The third-order valence-electron chi connectivity index (χ3n) is 6.24. The standard InChI is InChI=1S/C24H32F4N2/c1-7-13(3)19-11-17(9-15(5)21(19)29)23(25,26)24(27,28)18-10-16(6)22(30)20(12-18)14(4)8-2/h9-14H,7-8,29-30H2,1-6H3. The molecular formula is C24H32F4N2. The lowest BCUT2D eigenvalue weighted by molar-refractivity contribution is -0.224. The second-order valence-corrected chi connectivity index (χ2v) is 8.36. The molecule has 0 aromatic heterocycles. The van der Waals surface area contributed by atoms with E-state index in [0.717, 1.165) is 24.3 Å². The van der Waals surface area contributed by atoms with Gasteiger partial charge in [-0.1, -0.05) is 27.7 Å². The molecule has 0 spiro atoms. The summed E-state index contributed by atoms with van der Waals surface area (Å²) < 4.78 is 61.2. The van der Waals surface area contributed by atoms with Crippen molar-refractivity contribution in [2.24, 2.45) is 0 Å². The number of hydrogen-bond acceptors (Lipinski definition) is 2. The Balaban J connectivity index is 2.67. The van der Waals surface area contributed by atoms with E-state index in [-0.39, 0.29) is 11.8 Å². The van der Waals surface area contributed by atoms with E-state index in [4.69, 9.17) is 11.5 Å². The quantitative estimate of drug-likeness (QED) is 0.360. The number of halogens is 4. The van der Waals surface area contributed by atoms with Crippen LogP contribution in [0.4, 0.5) is 28.9 Å². The summed E-state index contributed by atoms with van der Waals surface area (Å²) in [5.41, 5.74) is 13.1. The zero-order valence-corrected chi connectivity index (χ0v) is 18.5. The van der Waals surface area contributed by atoms with Gasteiger partial charge in [-0.3, -0.25) is 0 Å². The van der Waals surface area contributed by atoms with Crippen LogP contribution < -0.4 is 11.5 Å². The van der Waals surface area contributed by atoms with Gasteiger partial charge in [-0.15, -0.1) is 0 Å². The topological polar surface area (TPSA) is 52.0 Å². The fourth-order valence-corrected chi connectivity index (χ4v) is 3.63. The average molecular weight is 425 g/mol. The molecule has 0 aliphatic heterocycles. The van der Waals surface area contributed by atoms with Crippen LogP contribution in [0, 0.1) is 13.8 Å². The van der Waals surface area contributed by atoms with Crippen LogP contribution in [-0.2, 0) is 11.8 Å². The van der Waals surface area contributed by atoms with Crippen LogP contribution in [0.5, 0.6) is 0 Å². The second kappa shape index (κ2) is 8.48. The van der Waals surface area contributed by atoms with Crippen LogP contribution in [0.1, 0.15) is 85.8 Å². The minimum absolute atomic E-state index is 0.121. The molecule has 0 saturated heterocycles. The van der Waals surface area contributed by atoms with Crippen molar-refractivity contribution in [1.29, 1.82) is 0 Å². The first-order chi connectivity index (χ1) is 13.8. The SMILES string of the molecule is CCC(C)c1cc(C(F)(F)C(F)(F)c2cc(C)c(N)c(C(C)CC)c2)cc(C)c1N. The number of hydrogen-bond donors (Lipinski definition) is 2. The number of nitrogens with two attached hydrogens (primary N) is 2. The molecular weight excluding hydrogens is 392 g/mol. The minimum atomic E-state index is -4.41. The van der Waals surface area contributed by atoms with Crippen LogP contribution in [0.2, 0.25) is 0 Å². The highest BCUT2D eigenvalue weighted by Gasteiger charge is 2.59. The van der Waals surface area contributed by atoms with Gasteiger partial charge in [-0.25, -0.2) is 0 Å². The van der Waals surface area contributed by atoms with E-state index in [0.29, 0.717) is 46.5 Å². The van der Waals surface area contributed by atoms with Gasteiger partial charge in [0.1, 0.15) is 0 Å². The summed E-state index contributed by atoms with van der Waals surface area (Å²) in [4.78, 5) is 0. The molecule has 0 heterocycles. The molecule has 0 radical (unpaired) electrons. The Morgan fingerprint density at radius 3 is 1.27 bits per heavy atom. The highest BCUT2D eigenvalue weighted by atomic mass is 19.3. The van der Waals surface area contributed by atoms with Crippen molar-refractivity contribution >= 4 is 11.4 Å². The largest absolute Gasteiger partial charge is 0.398 e. The smallest absolute Gasteiger partial charge is 0.339 e. The van der Waals surface area contributed by atoms with Gasteiger partial charge in [0.15, 0.2) is 0 Å². The molecule has 2 atom stereocenters. The minimum Gasteiger partial charge on any atom is -0.398 e. The Kier molecular flexibility index (Phi) is 6.79. The predicted molar refractivity (Wildman–Crippen MR) is 116 cm³/mol. The van der Waals surface area contributed by atoms with Gasteiger partial charge in [0.25, 0.3) is 0 Å². The molecule has 2 aromatic carbocycles. The molecule has 2 nitrogen and oxygen atoms in total. The molecule has 2 rings (SSSR count). The molecule has 30 heavy (non-hydrogen) atoms. The maximum atomic E-state index is 15.3. The van der Waals surface area contributed by atoms with E-state index >= 15 is 17.6 Å². The summed E-state index contributed by atoms with van der Waals surface area (Å²) in [7, 11) is 0. The Labute approximate surface area is 176 Å². The third kappa shape index (κ3) is 4.01. The number of aryl methyl sites for hydroxylation is 2. The van der Waals surface area contributed by atoms with Crippen LogP contribution in [0.25, 0.3) is 0 Å². The van der Waals surface area contributed by atoms with Gasteiger partial charge in [0.2, 0.25) is 0 Å². The molecule has 0 aliphatic rings. The van der Waals surface area contributed by atoms with Crippen molar-refractivity contribution in [2.45, 2.75) is 78.1 Å². The van der Waals surface area contributed by atoms with Gasteiger partial charge in [0, 0.05) is 22.5 Å². The van der Waals surface area contributed by atoms with Crippen molar-refractivity contribution in [1.82, 2.24) is 0 Å². The summed E-state index contributed by atoms with van der Waals surface area (Å²) in [5, 5.41) is 0. The summed E-state index contributed by atoms with van der Waals surface area (Å²) in [5.74, 6) is -9.07. The average Bonchev–Trinajstić information content (AvgIpc) is 2.70. The van der Waals surface area contributed by atoms with Crippen molar-refractivity contribution in [3.63, 3.8) is 0 Å². The highest BCUT2D eigenvalue weighted by molar-refractivity contribution is 5.59. The fourth-order valence-electron chi connectivity index (χ4n) is 3.63. The molecule has 0 aliphatic carbocycles. The van der Waals surface area contributed by atoms with Crippen molar-refractivity contribution < 1.29 is 17.6 Å². The molecule has 0 bridgehead atoms. The zero-order chi connectivity index (χ0) is 23.0. The van der Waals surface area contributed by atoms with Crippen LogP contribution in [0.3, 0.4) is 0 Å². The molecule has 6 heteroatoms. The first-order valence-corrected chi connectivity index (χ1v) is 10.4. The lowest BCUT2D eigenvalue weighted by Gasteiger charge is -2.30. The van der Waals surface area contributed by atoms with Crippen molar-refractivity contribution in [3.8, 4) is 0 Å². The molecule has 2 unspecified atom stereocenters. The zero-order valence-electron chi connectivity index (χ0n) is 18.5. The Hall–Kier alpha value is -2.24. The van der Waals surface area contributed by atoms with E-state index < -0.39 is 23.0 Å². The summed E-state index contributed by atoms with van der Waals surface area (Å²) >= 11 is 0. The summed E-state index contributed by atoms with van der Waals surface area (Å²) in [6, 6.07) is 4.39. The monoisotopic (exact) mass is 424 g/mol. The summed E-state index contributed by atoms with van der Waals surface area (Å²) in [6.07, 6.45) is 1.31. The molecule has 166 valence electrons. The third-order valence-corrected chi connectivity index (χ3v) is 6.24. The normalized spacial score (nSPS) is 14.6. The van der Waals surface area contributed by atoms with Gasteiger partial charge in [-0.2, -0.15) is 17.6 Å². The maximum Gasteiger partial charge on any atom is 0.339 e. The molecule has 0 fully saturated rings. The van der Waals surface area contributed by atoms with Crippen LogP contribution in [-0.4, -0.2) is 0 Å². The Morgan fingerprint density at radius 2 is 1.00 bits per heavy atom. The Morgan fingerprint density at radius 1 is 0.700 bits per heavy atom. The van der Waals surface area contributed by atoms with E-state index in [1.165, 1.54) is 0 Å². The molecule has 2 aromatic rings. The van der Waals surface area contributed by atoms with Crippen LogP contribution in [0.15, 0.2) is 24.3 Å². The first kappa shape index (κ1) is 24.0. The number of anilines is 2. The second-order valence-electron chi connectivity index (χ2n) is 8.36. The van der Waals surface area contributed by atoms with Gasteiger partial charge in [0.05, 0.1) is 0 Å². The lowest BCUT2D eigenvalue weighted by Crippen LogP contribution is -2.36. The lowest BCUT2D eigenvalue weighted by atomic mass is 9.86. The van der Waals surface area contributed by atoms with Crippen molar-refractivity contribution in [3.05, 3.63) is 57.6 Å². The van der Waals surface area contributed by atoms with Crippen LogP contribution >= 0.6 is 0 Å². The first-order valence-electron chi connectivity index (χ1n) is 10.4. The number of benzene rings is 2. The number of alkyl halides is 4. The van der Waals surface area contributed by atoms with E-state index in [1.807, 2.05) is 27.7 Å². The van der Waals surface area contributed by atoms with Crippen molar-refractivity contribution in [2.75, 3.05) is 11.5 Å². The van der Waals surface area contributed by atoms with E-state index in [2.05, 4.69) is 0 Å². The molecule has 4 N–H and O–H groups in total. The van der Waals surface area contributed by atoms with E-state index in [1.54, 1.807) is 13.8 Å². The van der Waals surface area contributed by atoms with Gasteiger partial charge in [-0.05, 0) is 85.0 Å². The Bertz CT molecular complexity index is 846. The summed E-state index contributed by atoms with van der Waals surface area (Å²) in [6.45, 7) is 10.6. The number of nitrogen functional groups attached to an aromatic ring is 2. The van der Waals surface area contributed by atoms with Gasteiger partial charge < -0.3 is 11.5 Å². The fraction of sp³-hybridized carbons (Fsp3) is 0.500. The molecule has 0 saturated carbocycles. The molecule has 0 amide bonds. The number of rotatable bonds is 7. The van der Waals surface area contributed by atoms with Gasteiger partial charge >= 0.3 is 11.8 Å².